The second kappa shape index (κ2) is 8.98. The Hall–Kier alpha value is -3.59. The van der Waals surface area contributed by atoms with Gasteiger partial charge in [0, 0.05) is 25.3 Å². The van der Waals surface area contributed by atoms with Gasteiger partial charge in [0.25, 0.3) is 11.8 Å². The quantitative estimate of drug-likeness (QED) is 0.704. The van der Waals surface area contributed by atoms with E-state index in [9.17, 15) is 14.4 Å². The van der Waals surface area contributed by atoms with Gasteiger partial charge in [0.15, 0.2) is 11.5 Å². The molecule has 5 rings (SSSR count). The molecule has 9 nitrogen and oxygen atoms in total. The summed E-state index contributed by atoms with van der Waals surface area (Å²) in [5.74, 6) is 0.234. The third kappa shape index (κ3) is 3.56. The molecule has 178 valence electrons. The monoisotopic (exact) mass is 465 g/mol. The first-order valence-corrected chi connectivity index (χ1v) is 11.4. The van der Waals surface area contributed by atoms with E-state index in [1.807, 2.05) is 0 Å². The van der Waals surface area contributed by atoms with E-state index in [4.69, 9.17) is 14.2 Å². The van der Waals surface area contributed by atoms with Gasteiger partial charge in [-0.1, -0.05) is 18.2 Å². The molecule has 3 heterocycles. The SMILES string of the molecule is COc1ccc2c(c1OC)C(=O)N1c3ccccc3C(=O)N(CC(=O)NCC3CCOCC3)[C@@H]21. The van der Waals surface area contributed by atoms with Crippen molar-refractivity contribution in [2.45, 2.75) is 19.0 Å². The second-order valence-corrected chi connectivity index (χ2v) is 8.62. The van der Waals surface area contributed by atoms with Crippen LogP contribution in [0.3, 0.4) is 0 Å². The molecule has 1 N–H and O–H groups in total. The first-order valence-electron chi connectivity index (χ1n) is 11.4. The van der Waals surface area contributed by atoms with Crippen molar-refractivity contribution >= 4 is 23.4 Å². The van der Waals surface area contributed by atoms with Gasteiger partial charge in [0.1, 0.15) is 12.7 Å². The van der Waals surface area contributed by atoms with Crippen molar-refractivity contribution in [1.29, 1.82) is 0 Å². The molecule has 3 aliphatic heterocycles. The zero-order valence-corrected chi connectivity index (χ0v) is 19.2. The minimum Gasteiger partial charge on any atom is -0.493 e. The molecular formula is C25H27N3O6. The average Bonchev–Trinajstić information content (AvgIpc) is 3.17. The van der Waals surface area contributed by atoms with Crippen LogP contribution in [-0.4, -0.2) is 63.1 Å². The van der Waals surface area contributed by atoms with Crippen LogP contribution in [0.5, 0.6) is 11.5 Å². The number of ether oxygens (including phenoxy) is 3. The van der Waals surface area contributed by atoms with Crippen LogP contribution in [0.1, 0.15) is 45.3 Å². The van der Waals surface area contributed by atoms with Crippen LogP contribution in [-0.2, 0) is 9.53 Å². The summed E-state index contributed by atoms with van der Waals surface area (Å²) < 4.78 is 16.3. The lowest BCUT2D eigenvalue weighted by Gasteiger charge is -2.40. The molecule has 9 heteroatoms. The smallest absolute Gasteiger partial charge is 0.264 e. The summed E-state index contributed by atoms with van der Waals surface area (Å²) >= 11 is 0. The Morgan fingerprint density at radius 1 is 1.06 bits per heavy atom. The van der Waals surface area contributed by atoms with Crippen molar-refractivity contribution in [1.82, 2.24) is 10.2 Å². The van der Waals surface area contributed by atoms with E-state index in [1.165, 1.54) is 19.1 Å². The summed E-state index contributed by atoms with van der Waals surface area (Å²) in [4.78, 5) is 43.1. The fourth-order valence-electron chi connectivity index (χ4n) is 5.00. The number of anilines is 1. The van der Waals surface area contributed by atoms with E-state index in [0.29, 0.717) is 59.6 Å². The zero-order valence-electron chi connectivity index (χ0n) is 19.2. The highest BCUT2D eigenvalue weighted by atomic mass is 16.5. The van der Waals surface area contributed by atoms with Gasteiger partial charge in [-0.2, -0.15) is 0 Å². The van der Waals surface area contributed by atoms with E-state index in [1.54, 1.807) is 41.3 Å². The van der Waals surface area contributed by atoms with E-state index < -0.39 is 6.17 Å². The van der Waals surface area contributed by atoms with E-state index >= 15 is 0 Å². The van der Waals surface area contributed by atoms with Crippen LogP contribution >= 0.6 is 0 Å². The molecule has 1 fully saturated rings. The van der Waals surface area contributed by atoms with E-state index in [2.05, 4.69) is 5.32 Å². The van der Waals surface area contributed by atoms with Gasteiger partial charge in [-0.3, -0.25) is 19.3 Å². The first-order chi connectivity index (χ1) is 16.5. The Bertz CT molecular complexity index is 1140. The first kappa shape index (κ1) is 22.2. The summed E-state index contributed by atoms with van der Waals surface area (Å²) in [5.41, 5.74) is 1.83. The summed E-state index contributed by atoms with van der Waals surface area (Å²) in [6.07, 6.45) is 1.05. The number of fused-ring (bicyclic) bond motifs is 5. The van der Waals surface area contributed by atoms with Crippen molar-refractivity contribution in [2.24, 2.45) is 5.92 Å². The minimum absolute atomic E-state index is 0.168. The third-order valence-electron chi connectivity index (χ3n) is 6.73. The number of carbonyl (C=O) groups is 3. The minimum atomic E-state index is -0.751. The normalized spacial score (nSPS) is 19.4. The Balaban J connectivity index is 1.50. The van der Waals surface area contributed by atoms with Crippen LogP contribution in [0.4, 0.5) is 5.69 Å². The fraction of sp³-hybridized carbons (Fsp3) is 0.400. The molecule has 0 bridgehead atoms. The molecule has 3 amide bonds. The third-order valence-corrected chi connectivity index (χ3v) is 6.73. The number of carbonyl (C=O) groups excluding carboxylic acids is 3. The fourth-order valence-corrected chi connectivity index (χ4v) is 5.00. The van der Waals surface area contributed by atoms with E-state index in [0.717, 1.165) is 12.8 Å². The van der Waals surface area contributed by atoms with Gasteiger partial charge in [-0.05, 0) is 37.0 Å². The van der Waals surface area contributed by atoms with Crippen LogP contribution in [0.2, 0.25) is 0 Å². The highest BCUT2D eigenvalue weighted by Crippen LogP contribution is 2.49. The molecule has 0 aromatic heterocycles. The summed E-state index contributed by atoms with van der Waals surface area (Å²) in [5, 5.41) is 2.96. The molecule has 2 aromatic rings. The number of hydrogen-bond acceptors (Lipinski definition) is 6. The molecule has 34 heavy (non-hydrogen) atoms. The van der Waals surface area contributed by atoms with Gasteiger partial charge in [-0.25, -0.2) is 0 Å². The van der Waals surface area contributed by atoms with Gasteiger partial charge >= 0.3 is 0 Å². The maximum absolute atomic E-state index is 13.7. The standard InChI is InChI=1S/C25H27N3O6/c1-32-19-8-7-17-21(22(19)33-2)25(31)28-18-6-4-3-5-16(18)24(30)27(23(17)28)14-20(29)26-13-15-9-11-34-12-10-15/h3-8,15,23H,9-14H2,1-2H3,(H,26,29)/t23-/m1/s1. The summed E-state index contributed by atoms with van der Waals surface area (Å²) in [7, 11) is 2.98. The highest BCUT2D eigenvalue weighted by Gasteiger charge is 2.50. The van der Waals surface area contributed by atoms with E-state index in [-0.39, 0.29) is 24.3 Å². The predicted octanol–water partition coefficient (Wildman–Crippen LogP) is 2.36. The van der Waals surface area contributed by atoms with Crippen molar-refractivity contribution in [3.05, 3.63) is 53.1 Å². The number of nitrogens with zero attached hydrogens (tertiary/aromatic N) is 2. The summed E-state index contributed by atoms with van der Waals surface area (Å²) in [6.45, 7) is 1.76. The molecule has 2 aromatic carbocycles. The molecular weight excluding hydrogens is 438 g/mol. The number of nitrogens with one attached hydrogen (secondary N) is 1. The molecule has 3 aliphatic rings. The lowest BCUT2D eigenvalue weighted by molar-refractivity contribution is -0.122. The lowest BCUT2D eigenvalue weighted by Crippen LogP contribution is -2.51. The number of hydrogen-bond donors (Lipinski definition) is 1. The van der Waals surface area contributed by atoms with Gasteiger partial charge in [0.2, 0.25) is 5.91 Å². The number of methoxy groups -OCH3 is 2. The van der Waals surface area contributed by atoms with Crippen LogP contribution < -0.4 is 19.7 Å². The number of benzene rings is 2. The van der Waals surface area contributed by atoms with Crippen LogP contribution in [0, 0.1) is 5.92 Å². The zero-order chi connectivity index (χ0) is 23.8. The van der Waals surface area contributed by atoms with Crippen LogP contribution in [0.15, 0.2) is 36.4 Å². The lowest BCUT2D eigenvalue weighted by atomic mass is 10.0. The largest absolute Gasteiger partial charge is 0.493 e. The van der Waals surface area contributed by atoms with Crippen LogP contribution in [0.25, 0.3) is 0 Å². The van der Waals surface area contributed by atoms with Gasteiger partial charge < -0.3 is 24.4 Å². The number of amides is 3. The number of rotatable bonds is 6. The molecule has 0 unspecified atom stereocenters. The van der Waals surface area contributed by atoms with Crippen molar-refractivity contribution in [3.63, 3.8) is 0 Å². The highest BCUT2D eigenvalue weighted by molar-refractivity contribution is 6.18. The number of para-hydroxylation sites is 1. The molecule has 0 spiro atoms. The van der Waals surface area contributed by atoms with Crippen molar-refractivity contribution in [2.75, 3.05) is 45.4 Å². The molecule has 0 aliphatic carbocycles. The maximum atomic E-state index is 13.7. The van der Waals surface area contributed by atoms with Gasteiger partial charge in [-0.15, -0.1) is 0 Å². The summed E-state index contributed by atoms with van der Waals surface area (Å²) in [6, 6.07) is 10.4. The molecule has 1 atom stereocenters. The Labute approximate surface area is 197 Å². The molecule has 0 radical (unpaired) electrons. The van der Waals surface area contributed by atoms with Crippen molar-refractivity contribution in [3.8, 4) is 11.5 Å². The topological polar surface area (TPSA) is 97.4 Å². The Morgan fingerprint density at radius 2 is 1.82 bits per heavy atom. The Morgan fingerprint density at radius 3 is 2.56 bits per heavy atom. The predicted molar refractivity (Wildman–Crippen MR) is 123 cm³/mol. The molecule has 0 saturated carbocycles. The van der Waals surface area contributed by atoms with Gasteiger partial charge in [0.05, 0.1) is 31.0 Å². The maximum Gasteiger partial charge on any atom is 0.264 e. The Kier molecular flexibility index (Phi) is 5.87. The average molecular weight is 466 g/mol. The molecule has 1 saturated heterocycles. The van der Waals surface area contributed by atoms with Crippen molar-refractivity contribution < 1.29 is 28.6 Å². The second-order valence-electron chi connectivity index (χ2n) is 8.62.